The third kappa shape index (κ3) is 5.80. The molecule has 0 aliphatic carbocycles. The average molecular weight is 515 g/mol. The van der Waals surface area contributed by atoms with Gasteiger partial charge in [0.1, 0.15) is 22.9 Å². The van der Waals surface area contributed by atoms with Crippen molar-refractivity contribution in [1.82, 2.24) is 20.6 Å². The molecule has 0 amide bonds. The van der Waals surface area contributed by atoms with Crippen molar-refractivity contribution in [3.63, 3.8) is 0 Å². The summed E-state index contributed by atoms with van der Waals surface area (Å²) in [5.41, 5.74) is 5.23. The Labute approximate surface area is 220 Å². The molecule has 0 spiro atoms. The first-order valence-corrected chi connectivity index (χ1v) is 13.6. The molecule has 2 aromatic heterocycles. The number of phenolic OH excluding ortho intramolecular Hbond substituents is 1. The highest BCUT2D eigenvalue weighted by molar-refractivity contribution is 7.99. The first-order valence-electron chi connectivity index (χ1n) is 12.6. The highest BCUT2D eigenvalue weighted by atomic mass is 32.2. The number of hydrogen-bond donors (Lipinski definition) is 2. The molecule has 0 atom stereocenters. The zero-order valence-corrected chi connectivity index (χ0v) is 21.6. The van der Waals surface area contributed by atoms with Crippen LogP contribution in [0.25, 0.3) is 22.1 Å². The Morgan fingerprint density at radius 1 is 0.973 bits per heavy atom. The van der Waals surface area contributed by atoms with Gasteiger partial charge in [0.25, 0.3) is 0 Å². The summed E-state index contributed by atoms with van der Waals surface area (Å²) in [5, 5.41) is 25.5. The van der Waals surface area contributed by atoms with Crippen LogP contribution in [0.5, 0.6) is 11.5 Å². The van der Waals surface area contributed by atoms with Gasteiger partial charge in [-0.1, -0.05) is 49.7 Å². The lowest BCUT2D eigenvalue weighted by Gasteiger charge is -2.13. The summed E-state index contributed by atoms with van der Waals surface area (Å²) in [6, 6.07) is 20.2. The number of benzene rings is 3. The van der Waals surface area contributed by atoms with Crippen molar-refractivity contribution in [3.8, 4) is 22.6 Å². The van der Waals surface area contributed by atoms with E-state index in [0.717, 1.165) is 68.9 Å². The second kappa shape index (κ2) is 12.0. The predicted molar refractivity (Wildman–Crippen MR) is 146 cm³/mol. The van der Waals surface area contributed by atoms with E-state index in [4.69, 9.17) is 9.15 Å². The largest absolute Gasteiger partial charge is 0.508 e. The van der Waals surface area contributed by atoms with E-state index in [0.29, 0.717) is 31.0 Å². The standard InChI is InChI=1S/C29H30N4O3S/c1-2-8-23-26(15-13-21-24(19-36-29(21)23)20-9-4-3-5-10-20)35-17-7-18-37-27-12-6-11-25(34)22(27)14-16-28-30-32-33-31-28/h3-6,9-13,15,19,34H,2,7-8,14,16-18H2,1H3,(H,30,31,32,33). The van der Waals surface area contributed by atoms with Gasteiger partial charge in [0.2, 0.25) is 0 Å². The minimum absolute atomic E-state index is 0.305. The van der Waals surface area contributed by atoms with Gasteiger partial charge >= 0.3 is 0 Å². The number of tetrazole rings is 1. The molecule has 2 N–H and O–H groups in total. The Hall–Kier alpha value is -3.78. The number of nitrogens with zero attached hydrogens (tertiary/aromatic N) is 3. The molecular weight excluding hydrogens is 484 g/mol. The fourth-order valence-electron chi connectivity index (χ4n) is 4.49. The van der Waals surface area contributed by atoms with Crippen LogP contribution in [0.15, 0.2) is 76.2 Å². The van der Waals surface area contributed by atoms with E-state index < -0.39 is 0 Å². The molecule has 0 bridgehead atoms. The molecule has 0 saturated heterocycles. The van der Waals surface area contributed by atoms with Crippen LogP contribution in [-0.2, 0) is 19.3 Å². The molecule has 0 aliphatic rings. The van der Waals surface area contributed by atoms with Gasteiger partial charge in [-0.05, 0) is 59.5 Å². The SMILES string of the molecule is CCCc1c(OCCCSc2cccc(O)c2CCc2nnn[nH]2)ccc2c(-c3ccccc3)coc12. The van der Waals surface area contributed by atoms with Gasteiger partial charge in [0, 0.05) is 39.1 Å². The second-order valence-electron chi connectivity index (χ2n) is 8.84. The second-order valence-corrected chi connectivity index (χ2v) is 9.97. The Morgan fingerprint density at radius 2 is 1.86 bits per heavy atom. The number of thioether (sulfide) groups is 1. The summed E-state index contributed by atoms with van der Waals surface area (Å²) in [6.45, 7) is 2.78. The number of hydrogen-bond acceptors (Lipinski definition) is 7. The maximum atomic E-state index is 10.4. The van der Waals surface area contributed by atoms with E-state index in [2.05, 4.69) is 51.8 Å². The van der Waals surface area contributed by atoms with E-state index in [1.54, 1.807) is 17.8 Å². The number of rotatable bonds is 12. The molecule has 3 aromatic carbocycles. The molecule has 5 aromatic rings. The van der Waals surface area contributed by atoms with Crippen molar-refractivity contribution in [1.29, 1.82) is 0 Å². The Kier molecular flexibility index (Phi) is 8.05. The minimum atomic E-state index is 0.305. The lowest BCUT2D eigenvalue weighted by molar-refractivity contribution is 0.315. The number of aromatic hydroxyl groups is 1. The van der Waals surface area contributed by atoms with Crippen molar-refractivity contribution in [2.75, 3.05) is 12.4 Å². The molecule has 7 nitrogen and oxygen atoms in total. The Bertz CT molecular complexity index is 1430. The third-order valence-electron chi connectivity index (χ3n) is 6.30. The van der Waals surface area contributed by atoms with Gasteiger partial charge < -0.3 is 14.3 Å². The summed E-state index contributed by atoms with van der Waals surface area (Å²) >= 11 is 1.73. The first-order chi connectivity index (χ1) is 18.2. The van der Waals surface area contributed by atoms with E-state index >= 15 is 0 Å². The number of aromatic amines is 1. The van der Waals surface area contributed by atoms with Gasteiger partial charge in [0.05, 0.1) is 12.9 Å². The molecule has 8 heteroatoms. The van der Waals surface area contributed by atoms with Crippen LogP contribution in [0.2, 0.25) is 0 Å². The monoisotopic (exact) mass is 514 g/mol. The molecule has 0 radical (unpaired) electrons. The molecule has 0 aliphatic heterocycles. The predicted octanol–water partition coefficient (Wildman–Crippen LogP) is 6.62. The molecular formula is C29H30N4O3S. The van der Waals surface area contributed by atoms with Gasteiger partial charge in [-0.3, -0.25) is 0 Å². The van der Waals surface area contributed by atoms with Gasteiger partial charge in [-0.25, -0.2) is 5.10 Å². The number of H-pyrrole nitrogens is 1. The van der Waals surface area contributed by atoms with Gasteiger partial charge in [0.15, 0.2) is 0 Å². The molecule has 190 valence electrons. The number of aryl methyl sites for hydroxylation is 2. The summed E-state index contributed by atoms with van der Waals surface area (Å²) < 4.78 is 12.3. The molecule has 0 saturated carbocycles. The lowest BCUT2D eigenvalue weighted by Crippen LogP contribution is -2.02. The highest BCUT2D eigenvalue weighted by Crippen LogP contribution is 2.37. The van der Waals surface area contributed by atoms with Crippen LogP contribution in [0, 0.1) is 0 Å². The van der Waals surface area contributed by atoms with Crippen LogP contribution in [-0.4, -0.2) is 38.1 Å². The van der Waals surface area contributed by atoms with Gasteiger partial charge in [-0.15, -0.1) is 16.9 Å². The maximum absolute atomic E-state index is 10.4. The number of aromatic nitrogens is 4. The van der Waals surface area contributed by atoms with Crippen LogP contribution >= 0.6 is 11.8 Å². The number of furan rings is 1. The molecule has 2 heterocycles. The summed E-state index contributed by atoms with van der Waals surface area (Å²) in [5.74, 6) is 2.79. The number of phenols is 1. The topological polar surface area (TPSA) is 97.1 Å². The van der Waals surface area contributed by atoms with Crippen molar-refractivity contribution in [2.45, 2.75) is 43.9 Å². The molecule has 0 unspecified atom stereocenters. The quantitative estimate of drug-likeness (QED) is 0.143. The zero-order valence-electron chi connectivity index (χ0n) is 20.8. The van der Waals surface area contributed by atoms with Crippen molar-refractivity contribution < 1.29 is 14.3 Å². The van der Waals surface area contributed by atoms with E-state index in [1.807, 2.05) is 36.6 Å². The average Bonchev–Trinajstić information content (AvgIpc) is 3.60. The van der Waals surface area contributed by atoms with Crippen molar-refractivity contribution >= 4 is 22.7 Å². The number of ether oxygens (including phenoxy) is 1. The zero-order chi connectivity index (χ0) is 25.5. The highest BCUT2D eigenvalue weighted by Gasteiger charge is 2.16. The molecule has 37 heavy (non-hydrogen) atoms. The van der Waals surface area contributed by atoms with Crippen LogP contribution in [0.3, 0.4) is 0 Å². The van der Waals surface area contributed by atoms with Crippen molar-refractivity contribution in [3.05, 3.63) is 83.9 Å². The Balaban J connectivity index is 1.21. The number of nitrogens with one attached hydrogen (secondary N) is 1. The number of fused-ring (bicyclic) bond motifs is 1. The van der Waals surface area contributed by atoms with E-state index in [-0.39, 0.29) is 0 Å². The Morgan fingerprint density at radius 3 is 2.68 bits per heavy atom. The fourth-order valence-corrected chi connectivity index (χ4v) is 5.53. The van der Waals surface area contributed by atoms with Crippen LogP contribution in [0.4, 0.5) is 0 Å². The van der Waals surface area contributed by atoms with E-state index in [1.165, 1.54) is 0 Å². The van der Waals surface area contributed by atoms with Gasteiger partial charge in [-0.2, -0.15) is 0 Å². The van der Waals surface area contributed by atoms with Crippen LogP contribution < -0.4 is 4.74 Å². The molecule has 0 fully saturated rings. The van der Waals surface area contributed by atoms with E-state index in [9.17, 15) is 5.11 Å². The fraction of sp³-hybridized carbons (Fsp3) is 0.276. The summed E-state index contributed by atoms with van der Waals surface area (Å²) in [6.07, 6.45) is 5.95. The summed E-state index contributed by atoms with van der Waals surface area (Å²) in [4.78, 5) is 1.07. The smallest absolute Gasteiger partial charge is 0.148 e. The van der Waals surface area contributed by atoms with Crippen LogP contribution in [0.1, 0.15) is 36.7 Å². The normalized spacial score (nSPS) is 11.3. The van der Waals surface area contributed by atoms with Crippen molar-refractivity contribution in [2.24, 2.45) is 0 Å². The third-order valence-corrected chi connectivity index (χ3v) is 7.49. The first kappa shape index (κ1) is 24.9. The maximum Gasteiger partial charge on any atom is 0.148 e. The molecule has 5 rings (SSSR count). The minimum Gasteiger partial charge on any atom is -0.508 e. The lowest BCUT2D eigenvalue weighted by atomic mass is 10.0. The summed E-state index contributed by atoms with van der Waals surface area (Å²) in [7, 11) is 0.